The Morgan fingerprint density at radius 3 is 2.68 bits per heavy atom. The van der Waals surface area contributed by atoms with Crippen LogP contribution in [0.15, 0.2) is 33.6 Å². The van der Waals surface area contributed by atoms with E-state index >= 15 is 0 Å². The summed E-state index contributed by atoms with van der Waals surface area (Å²) in [5.41, 5.74) is 1.02. The molecule has 0 spiro atoms. The number of thioether (sulfide) groups is 1. The zero-order valence-electron chi connectivity index (χ0n) is 17.7. The Morgan fingerprint density at radius 1 is 1.13 bits per heavy atom. The number of hydrogen-bond acceptors (Lipinski definition) is 8. The lowest BCUT2D eigenvalue weighted by atomic mass is 10.1. The van der Waals surface area contributed by atoms with Gasteiger partial charge in [0.25, 0.3) is 5.91 Å². The number of para-hydroxylation sites is 1. The highest BCUT2D eigenvalue weighted by atomic mass is 32.2. The first-order chi connectivity index (χ1) is 15.0. The van der Waals surface area contributed by atoms with Crippen LogP contribution in [0.2, 0.25) is 0 Å². The molecule has 3 aliphatic rings. The Balaban J connectivity index is 1.36. The van der Waals surface area contributed by atoms with Crippen LogP contribution in [0.1, 0.15) is 19.3 Å². The van der Waals surface area contributed by atoms with Gasteiger partial charge in [-0.15, -0.1) is 11.3 Å². The highest BCUT2D eigenvalue weighted by Gasteiger charge is 2.51. The highest BCUT2D eigenvalue weighted by Crippen LogP contribution is 2.32. The smallest absolute Gasteiger partial charge is 0.328 e. The number of carbonyl (C=O) groups is 2. The summed E-state index contributed by atoms with van der Waals surface area (Å²) in [4.78, 5) is 42.4. The van der Waals surface area contributed by atoms with E-state index in [2.05, 4.69) is 15.9 Å². The van der Waals surface area contributed by atoms with Crippen LogP contribution < -0.4 is 0 Å². The summed E-state index contributed by atoms with van der Waals surface area (Å²) in [5, 5.41) is 0. The van der Waals surface area contributed by atoms with Crippen LogP contribution >= 0.6 is 23.1 Å². The van der Waals surface area contributed by atoms with Gasteiger partial charge >= 0.3 is 6.03 Å². The molecule has 0 bridgehead atoms. The number of benzene rings is 1. The third-order valence-corrected chi connectivity index (χ3v) is 8.32. The molecule has 164 valence electrons. The maximum atomic E-state index is 13.1. The van der Waals surface area contributed by atoms with Crippen LogP contribution in [0.5, 0.6) is 0 Å². The molecule has 1 aromatic carbocycles. The van der Waals surface area contributed by atoms with Crippen molar-refractivity contribution in [3.05, 3.63) is 24.3 Å². The van der Waals surface area contributed by atoms with E-state index in [9.17, 15) is 9.59 Å². The van der Waals surface area contributed by atoms with Gasteiger partial charge in [-0.3, -0.25) is 9.69 Å². The fourth-order valence-corrected chi connectivity index (χ4v) is 6.57. The lowest BCUT2D eigenvalue weighted by Gasteiger charge is -2.41. The Kier molecular flexibility index (Phi) is 5.51. The number of fused-ring (bicyclic) bond motifs is 2. The maximum absolute atomic E-state index is 13.1. The van der Waals surface area contributed by atoms with Crippen molar-refractivity contribution >= 4 is 51.2 Å². The predicted molar refractivity (Wildman–Crippen MR) is 123 cm³/mol. The van der Waals surface area contributed by atoms with Crippen LogP contribution in [0, 0.1) is 0 Å². The second kappa shape index (κ2) is 8.31. The molecule has 2 unspecified atom stereocenters. The number of aromatic nitrogens is 1. The zero-order chi connectivity index (χ0) is 21.5. The summed E-state index contributed by atoms with van der Waals surface area (Å²) < 4.78 is 2.22. The Labute approximate surface area is 189 Å². The Morgan fingerprint density at radius 2 is 1.90 bits per heavy atom. The van der Waals surface area contributed by atoms with E-state index in [0.29, 0.717) is 6.54 Å². The van der Waals surface area contributed by atoms with Gasteiger partial charge in [-0.2, -0.15) is 0 Å². The number of thiazole rings is 1. The molecule has 31 heavy (non-hydrogen) atoms. The number of likely N-dealkylation sites (N-methyl/N-ethyl adjacent to an activating group) is 2. The van der Waals surface area contributed by atoms with Crippen LogP contribution in [0.4, 0.5) is 4.79 Å². The largest absolute Gasteiger partial charge is 0.343 e. The number of aliphatic imine (C=N–C) groups is 1. The Bertz CT molecular complexity index is 1000. The lowest BCUT2D eigenvalue weighted by Crippen LogP contribution is -2.64. The monoisotopic (exact) mass is 458 g/mol. The molecular weight excluding hydrogens is 432 g/mol. The van der Waals surface area contributed by atoms with Gasteiger partial charge in [0.05, 0.1) is 10.2 Å². The molecule has 2 saturated heterocycles. The van der Waals surface area contributed by atoms with E-state index in [4.69, 9.17) is 9.98 Å². The number of nitrogens with zero attached hydrogens (tertiary/aromatic N) is 6. The number of carbonyl (C=O) groups excluding carboxylic acids is 2. The van der Waals surface area contributed by atoms with Crippen molar-refractivity contribution in [1.29, 1.82) is 0 Å². The number of likely N-dealkylation sites (tertiary alicyclic amines) is 1. The van der Waals surface area contributed by atoms with E-state index in [-0.39, 0.29) is 11.9 Å². The lowest BCUT2D eigenvalue weighted by molar-refractivity contribution is -0.136. The summed E-state index contributed by atoms with van der Waals surface area (Å²) in [6.45, 7) is 2.57. The van der Waals surface area contributed by atoms with Crippen LogP contribution in [-0.2, 0) is 4.79 Å². The van der Waals surface area contributed by atoms with Crippen molar-refractivity contribution in [3.63, 3.8) is 0 Å². The van der Waals surface area contributed by atoms with Gasteiger partial charge in [-0.05, 0) is 31.4 Å². The molecule has 3 amide bonds. The van der Waals surface area contributed by atoms with E-state index < -0.39 is 12.2 Å². The second-order valence-electron chi connectivity index (χ2n) is 8.12. The number of urea groups is 1. The minimum atomic E-state index is -0.458. The molecule has 2 atom stereocenters. The summed E-state index contributed by atoms with van der Waals surface area (Å²) in [5.74, 6) is 1.49. The van der Waals surface area contributed by atoms with Gasteiger partial charge < -0.3 is 14.7 Å². The summed E-state index contributed by atoms with van der Waals surface area (Å²) in [6.07, 6.45) is 3.03. The van der Waals surface area contributed by atoms with Crippen molar-refractivity contribution in [3.8, 4) is 0 Å². The van der Waals surface area contributed by atoms with Crippen molar-refractivity contribution in [1.82, 2.24) is 24.6 Å². The van der Waals surface area contributed by atoms with Crippen molar-refractivity contribution < 1.29 is 9.59 Å². The fourth-order valence-electron chi connectivity index (χ4n) is 4.49. The van der Waals surface area contributed by atoms with E-state index in [0.717, 1.165) is 47.5 Å². The van der Waals surface area contributed by atoms with Crippen LogP contribution in [-0.4, -0.2) is 94.2 Å². The summed E-state index contributed by atoms with van der Waals surface area (Å²) in [7, 11) is 3.30. The standard InChI is InChI=1S/C21H26N6O2S2/c1-24-17-16(18(28)25(2)21(24)29)27(19(23-17)26-10-6-3-7-11-26)12-13-30-20-22-14-8-4-5-9-15(14)31-20/h4-5,8-9,16-17H,3,6-7,10-13H2,1-2H3. The summed E-state index contributed by atoms with van der Waals surface area (Å²) >= 11 is 3.41. The molecule has 5 rings (SSSR count). The number of rotatable bonds is 4. The first kappa shape index (κ1) is 20.6. The highest BCUT2D eigenvalue weighted by molar-refractivity contribution is 8.01. The van der Waals surface area contributed by atoms with Gasteiger partial charge in [0.15, 0.2) is 22.5 Å². The zero-order valence-corrected chi connectivity index (χ0v) is 19.4. The van der Waals surface area contributed by atoms with Gasteiger partial charge in [0, 0.05) is 39.5 Å². The predicted octanol–water partition coefficient (Wildman–Crippen LogP) is 2.76. The van der Waals surface area contributed by atoms with Gasteiger partial charge in [-0.25, -0.2) is 14.8 Å². The van der Waals surface area contributed by atoms with E-state index in [1.54, 1.807) is 42.1 Å². The molecule has 3 aliphatic heterocycles. The average molecular weight is 459 g/mol. The normalized spacial score (nSPS) is 24.3. The topological polar surface area (TPSA) is 72.4 Å². The average Bonchev–Trinajstić information content (AvgIpc) is 3.38. The maximum Gasteiger partial charge on any atom is 0.328 e. The molecule has 0 N–H and O–H groups in total. The van der Waals surface area contributed by atoms with Crippen LogP contribution in [0.3, 0.4) is 0 Å². The molecule has 4 heterocycles. The number of piperidine rings is 1. The number of amides is 3. The number of hydrogen-bond donors (Lipinski definition) is 0. The molecule has 8 nitrogen and oxygen atoms in total. The van der Waals surface area contributed by atoms with Gasteiger partial charge in [-0.1, -0.05) is 23.9 Å². The summed E-state index contributed by atoms with van der Waals surface area (Å²) in [6, 6.07) is 7.41. The molecule has 0 aliphatic carbocycles. The van der Waals surface area contributed by atoms with Crippen molar-refractivity contribution in [2.45, 2.75) is 35.8 Å². The van der Waals surface area contributed by atoms with Crippen molar-refractivity contribution in [2.24, 2.45) is 4.99 Å². The number of guanidine groups is 1. The van der Waals surface area contributed by atoms with Crippen LogP contribution in [0.25, 0.3) is 10.2 Å². The van der Waals surface area contributed by atoms with E-state index in [1.807, 2.05) is 18.2 Å². The molecule has 1 aromatic heterocycles. The van der Waals surface area contributed by atoms with Gasteiger partial charge in [0.2, 0.25) is 0 Å². The number of imide groups is 1. The van der Waals surface area contributed by atoms with E-state index in [1.165, 1.54) is 16.0 Å². The third kappa shape index (κ3) is 3.65. The Hall–Kier alpha value is -2.33. The molecule has 0 radical (unpaired) electrons. The molecule has 10 heteroatoms. The molecular formula is C21H26N6O2S2. The van der Waals surface area contributed by atoms with Gasteiger partial charge in [0.1, 0.15) is 0 Å². The molecule has 0 saturated carbocycles. The minimum absolute atomic E-state index is 0.172. The molecule has 2 fully saturated rings. The molecule has 2 aromatic rings. The first-order valence-corrected chi connectivity index (χ1v) is 12.5. The quantitative estimate of drug-likeness (QED) is 0.656. The first-order valence-electron chi connectivity index (χ1n) is 10.7. The second-order valence-corrected chi connectivity index (χ2v) is 10.5. The fraction of sp³-hybridized carbons (Fsp3) is 0.524. The third-order valence-electron chi connectivity index (χ3n) is 6.16. The SMILES string of the molecule is CN1C(=O)C2C(N=C(N3CCCCC3)N2CCSc2nc3ccccc3s2)N(C)C1=O. The minimum Gasteiger partial charge on any atom is -0.343 e. The van der Waals surface area contributed by atoms with Crippen molar-refractivity contribution in [2.75, 3.05) is 39.5 Å².